The third-order valence-electron chi connectivity index (χ3n) is 3.98. The van der Waals surface area contributed by atoms with Crippen molar-refractivity contribution in [2.24, 2.45) is 0 Å². The predicted octanol–water partition coefficient (Wildman–Crippen LogP) is 2.87. The summed E-state index contributed by atoms with van der Waals surface area (Å²) >= 11 is 12.3. The average molecular weight is 425 g/mol. The highest BCUT2D eigenvalue weighted by Gasteiger charge is 2.24. The van der Waals surface area contributed by atoms with Gasteiger partial charge in [0.1, 0.15) is 11.8 Å². The molecular weight excluding hydrogens is 407 g/mol. The number of hydrogen-bond donors (Lipinski definition) is 4. The van der Waals surface area contributed by atoms with Gasteiger partial charge in [0.2, 0.25) is 0 Å². The van der Waals surface area contributed by atoms with Crippen molar-refractivity contribution in [2.75, 3.05) is 7.05 Å². The second-order valence-electron chi connectivity index (χ2n) is 5.97. The molecule has 148 valence electrons. The molecule has 0 spiro atoms. The number of aromatic hydroxyl groups is 1. The topological polar surface area (TPSA) is 116 Å². The lowest BCUT2D eigenvalue weighted by atomic mass is 10.0. The molecule has 4 N–H and O–H groups in total. The number of amides is 1. The van der Waals surface area contributed by atoms with Gasteiger partial charge in [0.25, 0.3) is 5.91 Å². The van der Waals surface area contributed by atoms with E-state index in [1.165, 1.54) is 31.3 Å². The molecule has 2 rings (SSSR count). The molecule has 0 aliphatic rings. The summed E-state index contributed by atoms with van der Waals surface area (Å²) < 4.78 is 0. The maximum Gasteiger partial charge on any atom is 0.321 e. The standard InChI is InChI=1S/C19H18Cl2N2O5/c1-22-15(19(27)28)8-16(25)17-13(20)6-11(7-14(17)21)18(26)23-9-10-3-2-4-12(24)5-10/h2-7,15,22,24H,8-9H2,1H3,(H,23,26)(H,27,28). The fourth-order valence-corrected chi connectivity index (χ4v) is 3.22. The first-order valence-corrected chi connectivity index (χ1v) is 8.97. The van der Waals surface area contributed by atoms with Gasteiger partial charge in [-0.25, -0.2) is 0 Å². The van der Waals surface area contributed by atoms with Gasteiger partial charge in [-0.15, -0.1) is 0 Å². The van der Waals surface area contributed by atoms with E-state index in [2.05, 4.69) is 10.6 Å². The lowest BCUT2D eigenvalue weighted by molar-refractivity contribution is -0.139. The number of nitrogens with one attached hydrogen (secondary N) is 2. The molecule has 0 radical (unpaired) electrons. The second-order valence-corrected chi connectivity index (χ2v) is 6.79. The number of carboxylic acids is 1. The predicted molar refractivity (Wildman–Crippen MR) is 105 cm³/mol. The molecule has 0 aliphatic carbocycles. The van der Waals surface area contributed by atoms with E-state index in [1.807, 2.05) is 0 Å². The number of aliphatic carboxylic acids is 1. The van der Waals surface area contributed by atoms with E-state index in [0.717, 1.165) is 0 Å². The monoisotopic (exact) mass is 424 g/mol. The molecule has 0 bridgehead atoms. The van der Waals surface area contributed by atoms with E-state index in [0.29, 0.717) is 5.56 Å². The molecule has 0 heterocycles. The van der Waals surface area contributed by atoms with Crippen molar-refractivity contribution in [3.8, 4) is 5.75 Å². The highest BCUT2D eigenvalue weighted by Crippen LogP contribution is 2.28. The molecule has 1 unspecified atom stereocenters. The van der Waals surface area contributed by atoms with Crippen LogP contribution in [-0.4, -0.2) is 41.0 Å². The Morgan fingerprint density at radius 2 is 1.75 bits per heavy atom. The third-order valence-corrected chi connectivity index (χ3v) is 4.58. The normalized spacial score (nSPS) is 11.7. The van der Waals surface area contributed by atoms with Crippen LogP contribution >= 0.6 is 23.2 Å². The molecule has 7 nitrogen and oxygen atoms in total. The minimum absolute atomic E-state index is 0.0330. The molecule has 0 aliphatic heterocycles. The van der Waals surface area contributed by atoms with Crippen LogP contribution < -0.4 is 10.6 Å². The van der Waals surface area contributed by atoms with E-state index >= 15 is 0 Å². The Balaban J connectivity index is 2.14. The first kappa shape index (κ1) is 21.7. The van der Waals surface area contributed by atoms with E-state index in [1.54, 1.807) is 12.1 Å². The molecule has 9 heteroatoms. The van der Waals surface area contributed by atoms with Crippen molar-refractivity contribution in [1.29, 1.82) is 0 Å². The zero-order valence-electron chi connectivity index (χ0n) is 14.8. The Hall–Kier alpha value is -2.61. The van der Waals surface area contributed by atoms with Gasteiger partial charge in [0.15, 0.2) is 5.78 Å². The number of halogens is 2. The fourth-order valence-electron chi connectivity index (χ4n) is 2.52. The summed E-state index contributed by atoms with van der Waals surface area (Å²) in [6.07, 6.45) is -0.339. The number of carbonyl (C=O) groups is 3. The molecule has 1 amide bonds. The zero-order chi connectivity index (χ0) is 20.8. The summed E-state index contributed by atoms with van der Waals surface area (Å²) in [6, 6.07) is 7.95. The van der Waals surface area contributed by atoms with Crippen molar-refractivity contribution in [2.45, 2.75) is 19.0 Å². The van der Waals surface area contributed by atoms with E-state index in [4.69, 9.17) is 28.3 Å². The van der Waals surface area contributed by atoms with Crippen molar-refractivity contribution < 1.29 is 24.6 Å². The number of hydrogen-bond acceptors (Lipinski definition) is 5. The van der Waals surface area contributed by atoms with Gasteiger partial charge in [-0.05, 0) is 36.9 Å². The van der Waals surface area contributed by atoms with Gasteiger partial charge in [0.05, 0.1) is 15.6 Å². The number of ketones is 1. The van der Waals surface area contributed by atoms with Crippen LogP contribution in [0.25, 0.3) is 0 Å². The minimum atomic E-state index is -1.17. The van der Waals surface area contributed by atoms with Gasteiger partial charge in [-0.3, -0.25) is 14.4 Å². The number of rotatable bonds is 8. The largest absolute Gasteiger partial charge is 0.508 e. The van der Waals surface area contributed by atoms with Gasteiger partial charge in [0, 0.05) is 18.5 Å². The van der Waals surface area contributed by atoms with Crippen LogP contribution in [0.2, 0.25) is 10.0 Å². The number of phenolic OH excluding ortho intramolecular Hbond substituents is 1. The number of likely N-dealkylation sites (N-methyl/N-ethyl adjacent to an activating group) is 1. The Bertz CT molecular complexity index is 894. The van der Waals surface area contributed by atoms with Crippen LogP contribution in [-0.2, 0) is 11.3 Å². The zero-order valence-corrected chi connectivity index (χ0v) is 16.3. The van der Waals surface area contributed by atoms with E-state index in [-0.39, 0.29) is 39.9 Å². The molecule has 0 fully saturated rings. The van der Waals surface area contributed by atoms with Gasteiger partial charge >= 0.3 is 5.97 Å². The maximum absolute atomic E-state index is 12.4. The van der Waals surface area contributed by atoms with Crippen molar-refractivity contribution in [3.05, 3.63) is 63.1 Å². The molecule has 0 saturated carbocycles. The van der Waals surface area contributed by atoms with Crippen molar-refractivity contribution in [3.63, 3.8) is 0 Å². The Labute approximate surface area is 171 Å². The van der Waals surface area contributed by atoms with Crippen molar-refractivity contribution >= 4 is 40.9 Å². The van der Waals surface area contributed by atoms with E-state index < -0.39 is 23.7 Å². The summed E-state index contributed by atoms with van der Waals surface area (Å²) in [5, 5.41) is 23.6. The number of carboxylic acid groups (broad SMARTS) is 1. The van der Waals surface area contributed by atoms with Crippen LogP contribution in [0.1, 0.15) is 32.7 Å². The quantitative estimate of drug-likeness (QED) is 0.484. The first-order chi connectivity index (χ1) is 13.2. The lowest BCUT2D eigenvalue weighted by Gasteiger charge is -2.13. The minimum Gasteiger partial charge on any atom is -0.508 e. The second kappa shape index (κ2) is 9.54. The SMILES string of the molecule is CNC(CC(=O)c1c(Cl)cc(C(=O)NCc2cccc(O)c2)cc1Cl)C(=O)O. The molecule has 28 heavy (non-hydrogen) atoms. The summed E-state index contributed by atoms with van der Waals surface area (Å²) in [6.45, 7) is 0.172. The van der Waals surface area contributed by atoms with Crippen LogP contribution in [0.5, 0.6) is 5.75 Å². The summed E-state index contributed by atoms with van der Waals surface area (Å²) in [5.41, 5.74) is 0.814. The molecule has 0 saturated heterocycles. The van der Waals surface area contributed by atoms with Gasteiger partial charge in [-0.2, -0.15) is 0 Å². The highest BCUT2D eigenvalue weighted by molar-refractivity contribution is 6.40. The molecule has 1 atom stereocenters. The number of Topliss-reactive ketones (excluding diaryl/α,β-unsaturated/α-hetero) is 1. The van der Waals surface area contributed by atoms with Gasteiger partial charge in [-0.1, -0.05) is 35.3 Å². The first-order valence-electron chi connectivity index (χ1n) is 8.21. The number of phenols is 1. The number of carbonyl (C=O) groups excluding carboxylic acids is 2. The molecule has 2 aromatic carbocycles. The molecular formula is C19H18Cl2N2O5. The van der Waals surface area contributed by atoms with Crippen LogP contribution in [0.4, 0.5) is 0 Å². The fraction of sp³-hybridized carbons (Fsp3) is 0.211. The van der Waals surface area contributed by atoms with Crippen molar-refractivity contribution in [1.82, 2.24) is 10.6 Å². The maximum atomic E-state index is 12.4. The molecule has 0 aromatic heterocycles. The van der Waals surface area contributed by atoms with Crippen LogP contribution in [0.15, 0.2) is 36.4 Å². The Kier molecular flexibility index (Phi) is 7.39. The average Bonchev–Trinajstić information content (AvgIpc) is 2.63. The smallest absolute Gasteiger partial charge is 0.321 e. The van der Waals surface area contributed by atoms with Crippen LogP contribution in [0.3, 0.4) is 0 Å². The van der Waals surface area contributed by atoms with E-state index in [9.17, 15) is 19.5 Å². The van der Waals surface area contributed by atoms with Crippen LogP contribution in [0, 0.1) is 0 Å². The van der Waals surface area contributed by atoms with Gasteiger partial charge < -0.3 is 20.8 Å². The Morgan fingerprint density at radius 1 is 1.11 bits per heavy atom. The third kappa shape index (κ3) is 5.45. The molecule has 2 aromatic rings. The summed E-state index contributed by atoms with van der Waals surface area (Å²) in [7, 11) is 1.43. The number of benzene rings is 2. The Morgan fingerprint density at radius 3 is 2.29 bits per heavy atom. The summed E-state index contributed by atoms with van der Waals surface area (Å²) in [4.78, 5) is 35.8. The highest BCUT2D eigenvalue weighted by atomic mass is 35.5. The lowest BCUT2D eigenvalue weighted by Crippen LogP contribution is -2.36. The summed E-state index contributed by atoms with van der Waals surface area (Å²) in [5.74, 6) is -2.11.